The van der Waals surface area contributed by atoms with Crippen molar-refractivity contribution in [1.29, 1.82) is 0 Å². The number of hydrogen-bond donors (Lipinski definition) is 1. The van der Waals surface area contributed by atoms with Gasteiger partial charge >= 0.3 is 0 Å². The van der Waals surface area contributed by atoms with E-state index in [9.17, 15) is 9.50 Å². The van der Waals surface area contributed by atoms with E-state index in [2.05, 4.69) is 4.90 Å². The van der Waals surface area contributed by atoms with Gasteiger partial charge in [0.05, 0.1) is 18.3 Å². The number of morpholine rings is 1. The third-order valence-corrected chi connectivity index (χ3v) is 3.83. The van der Waals surface area contributed by atoms with Crippen molar-refractivity contribution < 1.29 is 14.2 Å². The SMILES string of the molecule is C[C@@H](O)c1c(F)cccc1N1CC2CCC(C1)O2. The third kappa shape index (κ3) is 1.99. The number of rotatable bonds is 2. The molecule has 2 saturated heterocycles. The van der Waals surface area contributed by atoms with Crippen LogP contribution in [0.1, 0.15) is 31.4 Å². The van der Waals surface area contributed by atoms with Crippen LogP contribution in [-0.2, 0) is 4.74 Å². The Bertz CT molecular complexity index is 437. The summed E-state index contributed by atoms with van der Waals surface area (Å²) in [6, 6.07) is 4.99. The summed E-state index contributed by atoms with van der Waals surface area (Å²) >= 11 is 0. The average molecular weight is 251 g/mol. The number of anilines is 1. The van der Waals surface area contributed by atoms with E-state index in [-0.39, 0.29) is 18.0 Å². The van der Waals surface area contributed by atoms with Gasteiger partial charge in [-0.2, -0.15) is 0 Å². The summed E-state index contributed by atoms with van der Waals surface area (Å²) in [6.45, 7) is 3.19. The summed E-state index contributed by atoms with van der Waals surface area (Å²) in [7, 11) is 0. The Balaban J connectivity index is 1.94. The summed E-state index contributed by atoms with van der Waals surface area (Å²) in [5.74, 6) is -0.332. The molecule has 0 aromatic heterocycles. The van der Waals surface area contributed by atoms with E-state index in [0.717, 1.165) is 31.6 Å². The number of halogens is 1. The molecule has 0 amide bonds. The highest BCUT2D eigenvalue weighted by Gasteiger charge is 2.35. The lowest BCUT2D eigenvalue weighted by atomic mass is 10.1. The summed E-state index contributed by atoms with van der Waals surface area (Å²) in [4.78, 5) is 2.15. The molecule has 0 spiro atoms. The number of nitrogens with zero attached hydrogens (tertiary/aromatic N) is 1. The molecule has 1 aromatic rings. The van der Waals surface area contributed by atoms with Crippen LogP contribution >= 0.6 is 0 Å². The van der Waals surface area contributed by atoms with Crippen molar-refractivity contribution in [1.82, 2.24) is 0 Å². The highest BCUT2D eigenvalue weighted by atomic mass is 19.1. The molecule has 0 radical (unpaired) electrons. The monoisotopic (exact) mass is 251 g/mol. The summed E-state index contributed by atoms with van der Waals surface area (Å²) < 4.78 is 19.6. The Kier molecular flexibility index (Phi) is 2.99. The molecule has 2 heterocycles. The standard InChI is InChI=1S/C14H18FNO2/c1-9(17)14-12(15)3-2-4-13(14)16-7-10-5-6-11(8-16)18-10/h2-4,9-11,17H,5-8H2,1H3/t9-,10?,11?/m1/s1. The first kappa shape index (κ1) is 11.9. The Morgan fingerprint density at radius 2 is 2.00 bits per heavy atom. The van der Waals surface area contributed by atoms with E-state index >= 15 is 0 Å². The number of ether oxygens (including phenoxy) is 1. The lowest BCUT2D eigenvalue weighted by Crippen LogP contribution is -2.43. The van der Waals surface area contributed by atoms with Crippen LogP contribution in [0.3, 0.4) is 0 Å². The molecule has 3 nitrogen and oxygen atoms in total. The van der Waals surface area contributed by atoms with Gasteiger partial charge in [0, 0.05) is 24.3 Å². The largest absolute Gasteiger partial charge is 0.389 e. The van der Waals surface area contributed by atoms with E-state index < -0.39 is 6.10 Å². The van der Waals surface area contributed by atoms with E-state index in [1.165, 1.54) is 6.07 Å². The van der Waals surface area contributed by atoms with Crippen LogP contribution in [0, 0.1) is 5.82 Å². The number of benzene rings is 1. The first-order chi connectivity index (χ1) is 8.65. The van der Waals surface area contributed by atoms with Crippen molar-refractivity contribution in [2.45, 2.75) is 38.1 Å². The second-order valence-electron chi connectivity index (χ2n) is 5.21. The van der Waals surface area contributed by atoms with Crippen LogP contribution < -0.4 is 4.90 Å². The molecule has 0 saturated carbocycles. The molecular weight excluding hydrogens is 233 g/mol. The maximum Gasteiger partial charge on any atom is 0.131 e. The number of aliphatic hydroxyl groups excluding tert-OH is 1. The first-order valence-electron chi connectivity index (χ1n) is 6.52. The molecule has 3 rings (SSSR count). The molecule has 2 aliphatic rings. The Hall–Kier alpha value is -1.13. The van der Waals surface area contributed by atoms with Crippen LogP contribution in [0.15, 0.2) is 18.2 Å². The van der Waals surface area contributed by atoms with Crippen LogP contribution in [0.2, 0.25) is 0 Å². The van der Waals surface area contributed by atoms with Gasteiger partial charge in [0.25, 0.3) is 0 Å². The topological polar surface area (TPSA) is 32.7 Å². The molecule has 3 atom stereocenters. The lowest BCUT2D eigenvalue weighted by molar-refractivity contribution is 0.0302. The fraction of sp³-hybridized carbons (Fsp3) is 0.571. The predicted molar refractivity (Wildman–Crippen MR) is 67.1 cm³/mol. The van der Waals surface area contributed by atoms with E-state index in [1.807, 2.05) is 6.07 Å². The van der Waals surface area contributed by atoms with Gasteiger partial charge in [-0.3, -0.25) is 0 Å². The zero-order chi connectivity index (χ0) is 12.7. The third-order valence-electron chi connectivity index (χ3n) is 3.83. The van der Waals surface area contributed by atoms with Gasteiger partial charge in [-0.25, -0.2) is 4.39 Å². The van der Waals surface area contributed by atoms with Crippen LogP contribution in [-0.4, -0.2) is 30.4 Å². The minimum Gasteiger partial charge on any atom is -0.389 e. The number of hydrogen-bond acceptors (Lipinski definition) is 3. The summed E-state index contributed by atoms with van der Waals surface area (Å²) in [5, 5.41) is 9.77. The molecular formula is C14H18FNO2. The molecule has 98 valence electrons. The van der Waals surface area contributed by atoms with Crippen LogP contribution in [0.25, 0.3) is 0 Å². The lowest BCUT2D eigenvalue weighted by Gasteiger charge is -2.35. The van der Waals surface area contributed by atoms with Crippen molar-refractivity contribution in [3.8, 4) is 0 Å². The zero-order valence-electron chi connectivity index (χ0n) is 10.5. The average Bonchev–Trinajstić information content (AvgIpc) is 2.67. The fourth-order valence-corrected chi connectivity index (χ4v) is 3.03. The highest BCUT2D eigenvalue weighted by Crippen LogP contribution is 2.34. The van der Waals surface area contributed by atoms with Gasteiger partial charge in [0.1, 0.15) is 5.82 Å². The van der Waals surface area contributed by atoms with Gasteiger partial charge in [-0.05, 0) is 31.9 Å². The van der Waals surface area contributed by atoms with E-state index in [1.54, 1.807) is 13.0 Å². The second kappa shape index (κ2) is 4.52. The molecule has 18 heavy (non-hydrogen) atoms. The normalized spacial score (nSPS) is 28.5. The Morgan fingerprint density at radius 1 is 1.33 bits per heavy atom. The second-order valence-corrected chi connectivity index (χ2v) is 5.21. The van der Waals surface area contributed by atoms with Gasteiger partial charge in [0.15, 0.2) is 0 Å². The number of fused-ring (bicyclic) bond motifs is 2. The summed E-state index contributed by atoms with van der Waals surface area (Å²) in [5.41, 5.74) is 1.21. The minimum absolute atomic E-state index is 0.258. The first-order valence-corrected chi connectivity index (χ1v) is 6.52. The maximum atomic E-state index is 13.8. The van der Waals surface area contributed by atoms with Crippen LogP contribution in [0.5, 0.6) is 0 Å². The molecule has 1 aromatic carbocycles. The quantitative estimate of drug-likeness (QED) is 0.875. The van der Waals surface area contributed by atoms with Crippen molar-refractivity contribution in [3.63, 3.8) is 0 Å². The van der Waals surface area contributed by atoms with Gasteiger partial charge < -0.3 is 14.7 Å². The minimum atomic E-state index is -0.790. The maximum absolute atomic E-state index is 13.8. The predicted octanol–water partition coefficient (Wildman–Crippen LogP) is 2.25. The molecule has 4 heteroatoms. The van der Waals surface area contributed by atoms with Crippen molar-refractivity contribution in [2.75, 3.05) is 18.0 Å². The number of aliphatic hydroxyl groups is 1. The van der Waals surface area contributed by atoms with Gasteiger partial charge in [-0.1, -0.05) is 6.07 Å². The van der Waals surface area contributed by atoms with Gasteiger partial charge in [0.2, 0.25) is 0 Å². The molecule has 2 bridgehead atoms. The van der Waals surface area contributed by atoms with Crippen LogP contribution in [0.4, 0.5) is 10.1 Å². The van der Waals surface area contributed by atoms with E-state index in [0.29, 0.717) is 5.56 Å². The Labute approximate surface area is 106 Å². The molecule has 2 aliphatic heterocycles. The van der Waals surface area contributed by atoms with Gasteiger partial charge in [-0.15, -0.1) is 0 Å². The molecule has 0 aliphatic carbocycles. The smallest absolute Gasteiger partial charge is 0.131 e. The van der Waals surface area contributed by atoms with Crippen molar-refractivity contribution >= 4 is 5.69 Å². The fourth-order valence-electron chi connectivity index (χ4n) is 3.03. The van der Waals surface area contributed by atoms with E-state index in [4.69, 9.17) is 4.74 Å². The zero-order valence-corrected chi connectivity index (χ0v) is 10.5. The Morgan fingerprint density at radius 3 is 2.61 bits per heavy atom. The molecule has 1 N–H and O–H groups in total. The summed E-state index contributed by atoms with van der Waals surface area (Å²) in [6.07, 6.45) is 1.89. The van der Waals surface area contributed by atoms with Crippen molar-refractivity contribution in [3.05, 3.63) is 29.6 Å². The highest BCUT2D eigenvalue weighted by molar-refractivity contribution is 5.56. The molecule has 2 fully saturated rings. The van der Waals surface area contributed by atoms with Crippen molar-refractivity contribution in [2.24, 2.45) is 0 Å². The molecule has 2 unspecified atom stereocenters.